The summed E-state index contributed by atoms with van der Waals surface area (Å²) in [6, 6.07) is 0. The summed E-state index contributed by atoms with van der Waals surface area (Å²) < 4.78 is 0. The third kappa shape index (κ3) is 2.41. The summed E-state index contributed by atoms with van der Waals surface area (Å²) in [5, 5.41) is 11.7. The van der Waals surface area contributed by atoms with Crippen molar-refractivity contribution < 1.29 is 5.43 Å². The Kier molecular flexibility index (Phi) is 2.75. The van der Waals surface area contributed by atoms with Gasteiger partial charge >= 0.3 is 0 Å². The highest BCUT2D eigenvalue weighted by molar-refractivity contribution is 6.49. The first-order valence-corrected chi connectivity index (χ1v) is 4.47. The quantitative estimate of drug-likeness (QED) is 0.405. The third-order valence-electron chi connectivity index (χ3n) is 1.82. The number of hydrogen-bond donors (Lipinski definition) is 2. The van der Waals surface area contributed by atoms with Crippen LogP contribution >= 0.6 is 0 Å². The van der Waals surface area contributed by atoms with Crippen molar-refractivity contribution in [2.75, 3.05) is 0 Å². The fourth-order valence-electron chi connectivity index (χ4n) is 1.10. The largest absolute Gasteiger partial charge is 0.298 e. The lowest BCUT2D eigenvalue weighted by atomic mass is 10.1. The topological polar surface area (TPSA) is 78.6 Å². The van der Waals surface area contributed by atoms with E-state index < -0.39 is 0 Å². The zero-order valence-electron chi connectivity index (χ0n) is 7.96. The van der Waals surface area contributed by atoms with Gasteiger partial charge in [0.15, 0.2) is 0 Å². The van der Waals surface area contributed by atoms with Crippen LogP contribution in [0.1, 0.15) is 0 Å². The maximum Gasteiger partial charge on any atom is 0.269 e. The molecule has 0 saturated heterocycles. The fraction of sp³-hybridized carbons (Fsp3) is 0. The van der Waals surface area contributed by atoms with Crippen molar-refractivity contribution in [2.45, 2.75) is 0 Å². The summed E-state index contributed by atoms with van der Waals surface area (Å²) in [4.78, 5) is 7.97. The number of nitrogens with two attached hydrogens (primary N) is 1. The van der Waals surface area contributed by atoms with Gasteiger partial charge in [-0.15, -0.1) is 0 Å². The van der Waals surface area contributed by atoms with Crippen LogP contribution in [0.5, 0.6) is 0 Å². The standard InChI is InChI=1S/C10H9N5/c11-8-3-1-2-4-9(8)14-15-10-7-12-5-6-13-10/h1-7,11H,(H,13,15)/p+1. The van der Waals surface area contributed by atoms with E-state index in [-0.39, 0.29) is 0 Å². The van der Waals surface area contributed by atoms with Crippen LogP contribution in [-0.4, -0.2) is 21.4 Å². The molecular formula is C10H10N5+. The van der Waals surface area contributed by atoms with Crippen LogP contribution in [0, 0.1) is 5.41 Å². The van der Waals surface area contributed by atoms with Gasteiger partial charge in [-0.05, 0) is 12.2 Å². The summed E-state index contributed by atoms with van der Waals surface area (Å²) >= 11 is 0. The van der Waals surface area contributed by atoms with Gasteiger partial charge in [-0.25, -0.2) is 0 Å². The van der Waals surface area contributed by atoms with Crippen molar-refractivity contribution in [3.05, 3.63) is 42.9 Å². The monoisotopic (exact) mass is 200 g/mol. The van der Waals surface area contributed by atoms with Crippen LogP contribution in [0.3, 0.4) is 0 Å². The van der Waals surface area contributed by atoms with E-state index in [0.29, 0.717) is 17.2 Å². The van der Waals surface area contributed by atoms with Crippen molar-refractivity contribution in [3.63, 3.8) is 0 Å². The molecule has 0 atom stereocenters. The molecule has 1 aromatic heterocycles. The zero-order chi connectivity index (χ0) is 10.5. The predicted octanol–water partition coefficient (Wildman–Crippen LogP) is 0.173. The number of nitrogens with one attached hydrogen (secondary N) is 1. The second kappa shape index (κ2) is 4.39. The second-order valence-corrected chi connectivity index (χ2v) is 2.91. The molecule has 74 valence electrons. The average Bonchev–Trinajstić information content (AvgIpc) is 2.29. The highest BCUT2D eigenvalue weighted by Gasteiger charge is 2.05. The van der Waals surface area contributed by atoms with Crippen LogP contribution in [-0.2, 0) is 0 Å². The molecule has 1 aromatic rings. The second-order valence-electron chi connectivity index (χ2n) is 2.91. The number of allylic oxidation sites excluding steroid dienone is 4. The van der Waals surface area contributed by atoms with E-state index in [1.807, 2.05) is 12.2 Å². The Morgan fingerprint density at radius 2 is 2.07 bits per heavy atom. The molecule has 1 heterocycles. The summed E-state index contributed by atoms with van der Waals surface area (Å²) in [6.07, 6.45) is 12.0. The van der Waals surface area contributed by atoms with Crippen molar-refractivity contribution in [2.24, 2.45) is 5.10 Å². The molecule has 3 N–H and O–H groups in total. The number of hydrogen-bond acceptors (Lipinski definition) is 4. The molecule has 0 radical (unpaired) electrons. The molecule has 1 aliphatic carbocycles. The van der Waals surface area contributed by atoms with Gasteiger partial charge in [0.2, 0.25) is 0 Å². The number of quaternary nitrogens is 1. The average molecular weight is 200 g/mol. The van der Waals surface area contributed by atoms with Crippen molar-refractivity contribution in [1.29, 1.82) is 5.41 Å². The summed E-state index contributed by atoms with van der Waals surface area (Å²) in [5.74, 6) is 0.681. The van der Waals surface area contributed by atoms with Crippen LogP contribution in [0.25, 0.3) is 0 Å². The molecule has 0 aliphatic heterocycles. The van der Waals surface area contributed by atoms with Crippen molar-refractivity contribution in [1.82, 2.24) is 9.97 Å². The van der Waals surface area contributed by atoms with E-state index in [9.17, 15) is 0 Å². The lowest BCUT2D eigenvalue weighted by Gasteiger charge is -1.99. The minimum atomic E-state index is 0.401. The lowest BCUT2D eigenvalue weighted by Crippen LogP contribution is -2.72. The fourth-order valence-corrected chi connectivity index (χ4v) is 1.10. The molecule has 0 fully saturated rings. The molecule has 0 amide bonds. The van der Waals surface area contributed by atoms with Gasteiger partial charge < -0.3 is 0 Å². The van der Waals surface area contributed by atoms with Gasteiger partial charge in [-0.2, -0.15) is 10.4 Å². The number of nitrogens with zero attached hydrogens (tertiary/aromatic N) is 3. The van der Waals surface area contributed by atoms with E-state index in [0.717, 1.165) is 0 Å². The zero-order valence-corrected chi connectivity index (χ0v) is 7.96. The van der Waals surface area contributed by atoms with Crippen LogP contribution in [0.2, 0.25) is 0 Å². The molecule has 1 aliphatic rings. The SMILES string of the molecule is N=C1C=CC=CC1=N[NH2+]c1cnccn1. The van der Waals surface area contributed by atoms with Crippen molar-refractivity contribution in [3.8, 4) is 0 Å². The highest BCUT2D eigenvalue weighted by atomic mass is 15.3. The molecule has 5 nitrogen and oxygen atoms in total. The maximum atomic E-state index is 7.59. The van der Waals surface area contributed by atoms with Crippen LogP contribution in [0.15, 0.2) is 48.0 Å². The van der Waals surface area contributed by atoms with Gasteiger partial charge in [0, 0.05) is 6.20 Å². The summed E-state index contributed by atoms with van der Waals surface area (Å²) in [5.41, 5.74) is 2.63. The number of rotatable bonds is 2. The lowest BCUT2D eigenvalue weighted by molar-refractivity contribution is -0.581. The first kappa shape index (κ1) is 9.42. The molecule has 0 aromatic carbocycles. The van der Waals surface area contributed by atoms with Gasteiger partial charge in [0.25, 0.3) is 5.82 Å². The Labute approximate surface area is 86.8 Å². The Bertz CT molecular complexity index is 444. The van der Waals surface area contributed by atoms with Gasteiger partial charge in [-0.1, -0.05) is 17.3 Å². The normalized spacial score (nSPS) is 17.3. The van der Waals surface area contributed by atoms with Gasteiger partial charge in [-0.3, -0.25) is 10.4 Å². The first-order chi connectivity index (χ1) is 7.36. The molecule has 15 heavy (non-hydrogen) atoms. The smallest absolute Gasteiger partial charge is 0.269 e. The number of aromatic nitrogens is 2. The van der Waals surface area contributed by atoms with Crippen LogP contribution in [0.4, 0.5) is 5.82 Å². The minimum Gasteiger partial charge on any atom is -0.298 e. The van der Waals surface area contributed by atoms with Gasteiger partial charge in [0.1, 0.15) is 11.9 Å². The molecule has 2 rings (SSSR count). The predicted molar refractivity (Wildman–Crippen MR) is 57.1 cm³/mol. The molecule has 5 heteroatoms. The van der Waals surface area contributed by atoms with E-state index in [1.54, 1.807) is 36.2 Å². The first-order valence-electron chi connectivity index (χ1n) is 4.47. The Morgan fingerprint density at radius 3 is 2.80 bits per heavy atom. The molecule has 0 unspecified atom stereocenters. The Hall–Kier alpha value is -2.14. The summed E-state index contributed by atoms with van der Waals surface area (Å²) in [6.45, 7) is 0. The van der Waals surface area contributed by atoms with E-state index in [4.69, 9.17) is 5.41 Å². The Morgan fingerprint density at radius 1 is 1.20 bits per heavy atom. The minimum absolute atomic E-state index is 0.401. The maximum absolute atomic E-state index is 7.59. The van der Waals surface area contributed by atoms with Crippen molar-refractivity contribution >= 4 is 17.2 Å². The van der Waals surface area contributed by atoms with E-state index >= 15 is 0 Å². The Balaban J connectivity index is 2.09. The highest BCUT2D eigenvalue weighted by Crippen LogP contribution is 1.94. The molecule has 0 saturated carbocycles. The van der Waals surface area contributed by atoms with Gasteiger partial charge in [0.05, 0.1) is 11.9 Å². The molecule has 0 bridgehead atoms. The summed E-state index contributed by atoms with van der Waals surface area (Å²) in [7, 11) is 0. The van der Waals surface area contributed by atoms with Crippen LogP contribution < -0.4 is 5.43 Å². The molecular weight excluding hydrogens is 190 g/mol. The van der Waals surface area contributed by atoms with E-state index in [2.05, 4.69) is 15.1 Å². The molecule has 0 spiro atoms. The third-order valence-corrected chi connectivity index (χ3v) is 1.82. The van der Waals surface area contributed by atoms with E-state index in [1.165, 1.54) is 0 Å².